The molecule has 2 aromatic rings. The second-order valence-electron chi connectivity index (χ2n) is 4.81. The van der Waals surface area contributed by atoms with E-state index in [0.717, 1.165) is 37.7 Å². The summed E-state index contributed by atoms with van der Waals surface area (Å²) < 4.78 is 3.99. The van der Waals surface area contributed by atoms with Crippen LogP contribution in [0.2, 0.25) is 0 Å². The molecule has 2 rings (SSSR count). The van der Waals surface area contributed by atoms with E-state index in [2.05, 4.69) is 42.4 Å². The fourth-order valence-corrected chi connectivity index (χ4v) is 2.61. The topological polar surface area (TPSA) is 51.0 Å². The minimum absolute atomic E-state index is 0.592. The Morgan fingerprint density at radius 2 is 1.81 bits per heavy atom. The Bertz CT molecular complexity index is 637. The van der Waals surface area contributed by atoms with Crippen LogP contribution in [-0.2, 0) is 0 Å². The molecule has 0 saturated carbocycles. The summed E-state index contributed by atoms with van der Waals surface area (Å²) in [4.78, 5) is 2.93. The largest absolute Gasteiger partial charge is 0.691 e. The molecule has 0 aliphatic heterocycles. The van der Waals surface area contributed by atoms with Gasteiger partial charge in [0.1, 0.15) is 0 Å². The number of para-hydroxylation sites is 2. The minimum atomic E-state index is 0.592. The van der Waals surface area contributed by atoms with E-state index in [9.17, 15) is 5.21 Å². The van der Waals surface area contributed by atoms with Crippen LogP contribution in [0.5, 0.6) is 0 Å². The molecule has 1 aromatic carbocycles. The second-order valence-corrected chi connectivity index (χ2v) is 4.81. The van der Waals surface area contributed by atoms with Crippen molar-refractivity contribution < 1.29 is 9.42 Å². The Balaban J connectivity index is 2.73. The smallest absolute Gasteiger partial charge is 0.382 e. The summed E-state index contributed by atoms with van der Waals surface area (Å²) in [6.45, 7) is 11.9. The molecule has 0 spiro atoms. The molecule has 0 saturated heterocycles. The lowest BCUT2D eigenvalue weighted by Crippen LogP contribution is -2.45. The molecule has 0 atom stereocenters. The first-order valence-electron chi connectivity index (χ1n) is 7.62. The normalized spacial score (nSPS) is 10.9. The first-order chi connectivity index (χ1) is 10.2. The molecule has 6 heteroatoms. The number of hydrogen-bond acceptors (Lipinski definition) is 2. The van der Waals surface area contributed by atoms with Crippen LogP contribution in [-0.4, -0.2) is 51.5 Å². The van der Waals surface area contributed by atoms with Crippen molar-refractivity contribution in [3.63, 3.8) is 0 Å². The number of fused-ring (bicyclic) bond motifs is 1. The molecule has 0 unspecified atom stereocenters. The third-order valence-electron chi connectivity index (χ3n) is 3.77. The zero-order chi connectivity index (χ0) is 15.4. The average Bonchev–Trinajstić information content (AvgIpc) is 2.85. The molecule has 21 heavy (non-hydrogen) atoms. The van der Waals surface area contributed by atoms with E-state index in [0.29, 0.717) is 10.4 Å². The predicted octanol–water partition coefficient (Wildman–Crippen LogP) is 1.27. The number of aromatic nitrogens is 3. The van der Waals surface area contributed by atoms with Crippen LogP contribution in [0.4, 0.5) is 0 Å². The molecular formula is C15H24N5O+. The van der Waals surface area contributed by atoms with E-state index in [4.69, 9.17) is 0 Å². The molecule has 0 amide bonds. The zero-order valence-electron chi connectivity index (χ0n) is 13.3. The van der Waals surface area contributed by atoms with Gasteiger partial charge in [0.05, 0.1) is 31.4 Å². The standard InChI is InChI=1S/C15H24N5O/c1-5-17(6-2)15(18(7-3)8-4)19-13-11-9-10-12-14(13)20(21)16-19/h9-12H,5-8H2,1-4H3/q+1. The lowest BCUT2D eigenvalue weighted by Gasteiger charge is -2.19. The van der Waals surface area contributed by atoms with Crippen LogP contribution in [0.15, 0.2) is 24.3 Å². The number of rotatable bonds is 4. The van der Waals surface area contributed by atoms with E-state index >= 15 is 0 Å². The van der Waals surface area contributed by atoms with E-state index in [-0.39, 0.29) is 0 Å². The predicted molar refractivity (Wildman–Crippen MR) is 83.4 cm³/mol. The van der Waals surface area contributed by atoms with Crippen molar-refractivity contribution in [2.24, 2.45) is 0 Å². The Labute approximate surface area is 125 Å². The number of benzene rings is 1. The van der Waals surface area contributed by atoms with Crippen molar-refractivity contribution in [3.8, 4) is 0 Å². The van der Waals surface area contributed by atoms with Crippen LogP contribution in [0.1, 0.15) is 27.7 Å². The summed E-state index contributed by atoms with van der Waals surface area (Å²) >= 11 is 0. The molecule has 114 valence electrons. The SMILES string of the molecule is CCN(CC)C(n1n[n+]([O-])c2ccccc21)=[N+](CC)CC. The van der Waals surface area contributed by atoms with Gasteiger partial charge < -0.3 is 5.21 Å². The number of nitrogens with zero attached hydrogens (tertiary/aromatic N) is 5. The Morgan fingerprint density at radius 3 is 2.38 bits per heavy atom. The third-order valence-corrected chi connectivity index (χ3v) is 3.77. The van der Waals surface area contributed by atoms with Gasteiger partial charge in [-0.3, -0.25) is 9.48 Å². The molecule has 0 bridgehead atoms. The Kier molecular flexibility index (Phi) is 4.77. The van der Waals surface area contributed by atoms with Gasteiger partial charge >= 0.3 is 5.96 Å². The maximum Gasteiger partial charge on any atom is 0.382 e. The summed E-state index contributed by atoms with van der Waals surface area (Å²) in [5.74, 6) is 0.968. The van der Waals surface area contributed by atoms with Crippen molar-refractivity contribution in [1.29, 1.82) is 0 Å². The van der Waals surface area contributed by atoms with Crippen LogP contribution in [0, 0.1) is 5.21 Å². The molecule has 0 fully saturated rings. The highest BCUT2D eigenvalue weighted by Gasteiger charge is 2.27. The maximum atomic E-state index is 12.0. The summed E-state index contributed by atoms with van der Waals surface area (Å²) in [6, 6.07) is 7.53. The molecule has 0 aliphatic rings. The van der Waals surface area contributed by atoms with Gasteiger partial charge in [0.15, 0.2) is 11.0 Å². The first kappa shape index (κ1) is 15.3. The molecule has 0 radical (unpaired) electrons. The second kappa shape index (κ2) is 6.56. The summed E-state index contributed by atoms with van der Waals surface area (Å²) in [7, 11) is 0. The summed E-state index contributed by atoms with van der Waals surface area (Å²) in [6.07, 6.45) is 0. The minimum Gasteiger partial charge on any atom is -0.691 e. The summed E-state index contributed by atoms with van der Waals surface area (Å²) in [5, 5.41) is 16.2. The highest BCUT2D eigenvalue weighted by Crippen LogP contribution is 2.10. The lowest BCUT2D eigenvalue weighted by molar-refractivity contribution is -0.646. The molecular weight excluding hydrogens is 266 g/mol. The third kappa shape index (κ3) is 2.70. The molecule has 1 aromatic heterocycles. The fraction of sp³-hybridized carbons (Fsp3) is 0.533. The fourth-order valence-electron chi connectivity index (χ4n) is 2.61. The monoisotopic (exact) mass is 290 g/mol. The molecule has 0 N–H and O–H groups in total. The van der Waals surface area contributed by atoms with Gasteiger partial charge in [0, 0.05) is 0 Å². The van der Waals surface area contributed by atoms with Crippen LogP contribution in [0.3, 0.4) is 0 Å². The van der Waals surface area contributed by atoms with Crippen LogP contribution < -0.4 is 4.85 Å². The van der Waals surface area contributed by atoms with E-state index in [1.54, 1.807) is 10.7 Å². The zero-order valence-corrected chi connectivity index (χ0v) is 13.3. The van der Waals surface area contributed by atoms with Crippen molar-refractivity contribution in [1.82, 2.24) is 14.8 Å². The van der Waals surface area contributed by atoms with Crippen molar-refractivity contribution in [2.75, 3.05) is 26.2 Å². The van der Waals surface area contributed by atoms with Gasteiger partial charge in [-0.15, -0.1) is 4.85 Å². The Morgan fingerprint density at radius 1 is 1.19 bits per heavy atom. The summed E-state index contributed by atoms with van der Waals surface area (Å²) in [5.41, 5.74) is 1.43. The van der Waals surface area contributed by atoms with Crippen molar-refractivity contribution in [3.05, 3.63) is 29.5 Å². The molecule has 6 nitrogen and oxygen atoms in total. The van der Waals surface area contributed by atoms with Gasteiger partial charge in [0.2, 0.25) is 0 Å². The number of hydrogen-bond donors (Lipinski definition) is 0. The van der Waals surface area contributed by atoms with Crippen molar-refractivity contribution in [2.45, 2.75) is 27.7 Å². The Hall–Kier alpha value is -2.11. The van der Waals surface area contributed by atoms with E-state index in [1.165, 1.54) is 0 Å². The van der Waals surface area contributed by atoms with Crippen LogP contribution >= 0.6 is 0 Å². The molecule has 1 heterocycles. The maximum absolute atomic E-state index is 12.0. The first-order valence-corrected chi connectivity index (χ1v) is 7.62. The quantitative estimate of drug-likeness (QED) is 0.369. The van der Waals surface area contributed by atoms with Gasteiger partial charge in [-0.25, -0.2) is 0 Å². The van der Waals surface area contributed by atoms with Gasteiger partial charge in [-0.2, -0.15) is 0 Å². The van der Waals surface area contributed by atoms with Gasteiger partial charge in [-0.05, 0) is 39.8 Å². The lowest BCUT2D eigenvalue weighted by atomic mass is 10.3. The van der Waals surface area contributed by atoms with Crippen molar-refractivity contribution >= 4 is 17.0 Å². The molecule has 0 aliphatic carbocycles. The van der Waals surface area contributed by atoms with E-state index < -0.39 is 0 Å². The average molecular weight is 290 g/mol. The highest BCUT2D eigenvalue weighted by molar-refractivity contribution is 5.86. The highest BCUT2D eigenvalue weighted by atomic mass is 16.5. The van der Waals surface area contributed by atoms with Crippen LogP contribution in [0.25, 0.3) is 11.0 Å². The van der Waals surface area contributed by atoms with Gasteiger partial charge in [0.25, 0.3) is 0 Å². The van der Waals surface area contributed by atoms with Gasteiger partial charge in [-0.1, -0.05) is 16.8 Å². The van der Waals surface area contributed by atoms with E-state index in [1.807, 2.05) is 18.2 Å².